The van der Waals surface area contributed by atoms with Gasteiger partial charge in [0.05, 0.1) is 12.2 Å². The van der Waals surface area contributed by atoms with E-state index >= 15 is 0 Å². The van der Waals surface area contributed by atoms with Crippen molar-refractivity contribution in [3.05, 3.63) is 71.8 Å². The topological polar surface area (TPSA) is 38.8 Å². The van der Waals surface area contributed by atoms with Crippen LogP contribution < -0.4 is 4.74 Å². The molecule has 1 aliphatic heterocycles. The molecule has 1 amide bonds. The van der Waals surface area contributed by atoms with Gasteiger partial charge in [-0.1, -0.05) is 42.5 Å². The lowest BCUT2D eigenvalue weighted by Crippen LogP contribution is -2.47. The molecule has 4 nitrogen and oxygen atoms in total. The summed E-state index contributed by atoms with van der Waals surface area (Å²) < 4.78 is 11.5. The molecule has 2 unspecified atom stereocenters. The summed E-state index contributed by atoms with van der Waals surface area (Å²) in [7, 11) is 0. The highest BCUT2D eigenvalue weighted by atomic mass is 16.5. The van der Waals surface area contributed by atoms with E-state index in [9.17, 15) is 4.79 Å². The molecule has 136 valence electrons. The minimum absolute atomic E-state index is 0.0163. The summed E-state index contributed by atoms with van der Waals surface area (Å²) in [6, 6.07) is 17.8. The molecule has 3 rings (SSSR count). The zero-order valence-electron chi connectivity index (χ0n) is 15.3. The molecule has 2 aromatic rings. The summed E-state index contributed by atoms with van der Waals surface area (Å²) in [6.07, 6.45) is 3.61. The molecule has 2 atom stereocenters. The predicted octanol–water partition coefficient (Wildman–Crippen LogP) is 3.91. The summed E-state index contributed by atoms with van der Waals surface area (Å²) in [5, 5.41) is 0. The Kier molecular flexibility index (Phi) is 6.08. The van der Waals surface area contributed by atoms with Crippen LogP contribution in [-0.2, 0) is 16.1 Å². The van der Waals surface area contributed by atoms with E-state index in [4.69, 9.17) is 9.47 Å². The molecule has 1 fully saturated rings. The first-order valence-corrected chi connectivity index (χ1v) is 8.99. The van der Waals surface area contributed by atoms with Crippen molar-refractivity contribution in [2.45, 2.75) is 32.7 Å². The fourth-order valence-corrected chi connectivity index (χ4v) is 3.08. The van der Waals surface area contributed by atoms with Crippen LogP contribution in [-0.4, -0.2) is 36.1 Å². The van der Waals surface area contributed by atoms with Crippen molar-refractivity contribution in [3.63, 3.8) is 0 Å². The van der Waals surface area contributed by atoms with Crippen LogP contribution in [0.4, 0.5) is 0 Å². The Morgan fingerprint density at radius 1 is 1.12 bits per heavy atom. The molecule has 26 heavy (non-hydrogen) atoms. The molecule has 1 saturated heterocycles. The van der Waals surface area contributed by atoms with E-state index in [0.29, 0.717) is 19.7 Å². The first-order chi connectivity index (χ1) is 12.6. The highest BCUT2D eigenvalue weighted by Gasteiger charge is 2.24. The van der Waals surface area contributed by atoms with Gasteiger partial charge in [0.2, 0.25) is 5.91 Å². The van der Waals surface area contributed by atoms with Crippen LogP contribution in [0.3, 0.4) is 0 Å². The molecule has 0 aromatic heterocycles. The van der Waals surface area contributed by atoms with E-state index in [0.717, 1.165) is 16.9 Å². The summed E-state index contributed by atoms with van der Waals surface area (Å²) in [6.45, 7) is 5.78. The first kappa shape index (κ1) is 18.2. The van der Waals surface area contributed by atoms with Crippen molar-refractivity contribution in [1.82, 2.24) is 4.90 Å². The average molecular weight is 351 g/mol. The van der Waals surface area contributed by atoms with Gasteiger partial charge in [-0.3, -0.25) is 4.79 Å². The Morgan fingerprint density at radius 3 is 2.58 bits per heavy atom. The third-order valence-corrected chi connectivity index (χ3v) is 4.26. The Labute approximate surface area is 155 Å². The standard InChI is InChI=1S/C22H25NO3/c1-17-14-23(15-18(2)26-17)22(24)12-11-19-9-6-10-21(13-19)25-16-20-7-4-3-5-8-20/h3-13,17-18H,14-16H2,1-2H3/b12-11+. The van der Waals surface area contributed by atoms with Gasteiger partial charge >= 0.3 is 0 Å². The largest absolute Gasteiger partial charge is 0.489 e. The SMILES string of the molecule is CC1CN(C(=O)/C=C/c2cccc(OCc3ccccc3)c2)CC(C)O1. The van der Waals surface area contributed by atoms with E-state index in [2.05, 4.69) is 0 Å². The first-order valence-electron chi connectivity index (χ1n) is 8.99. The maximum atomic E-state index is 12.4. The van der Waals surface area contributed by atoms with Gasteiger partial charge in [-0.2, -0.15) is 0 Å². The smallest absolute Gasteiger partial charge is 0.246 e. The molecular formula is C22H25NO3. The highest BCUT2D eigenvalue weighted by molar-refractivity contribution is 5.91. The molecular weight excluding hydrogens is 326 g/mol. The zero-order valence-corrected chi connectivity index (χ0v) is 15.3. The number of ether oxygens (including phenoxy) is 2. The van der Waals surface area contributed by atoms with Crippen LogP contribution in [0.15, 0.2) is 60.7 Å². The third kappa shape index (κ3) is 5.20. The Balaban J connectivity index is 1.59. The zero-order chi connectivity index (χ0) is 18.4. The summed E-state index contributed by atoms with van der Waals surface area (Å²) >= 11 is 0. The quantitative estimate of drug-likeness (QED) is 0.767. The average Bonchev–Trinajstić information content (AvgIpc) is 2.65. The van der Waals surface area contributed by atoms with E-state index < -0.39 is 0 Å². The second kappa shape index (κ2) is 8.68. The van der Waals surface area contributed by atoms with Gasteiger partial charge < -0.3 is 14.4 Å². The Morgan fingerprint density at radius 2 is 1.85 bits per heavy atom. The number of amides is 1. The molecule has 0 bridgehead atoms. The van der Waals surface area contributed by atoms with Crippen LogP contribution in [0.25, 0.3) is 6.08 Å². The van der Waals surface area contributed by atoms with E-state index in [-0.39, 0.29) is 18.1 Å². The van der Waals surface area contributed by atoms with Crippen LogP contribution >= 0.6 is 0 Å². The fraction of sp³-hybridized carbons (Fsp3) is 0.318. The summed E-state index contributed by atoms with van der Waals surface area (Å²) in [5.74, 6) is 0.805. The van der Waals surface area contributed by atoms with Crippen molar-refractivity contribution < 1.29 is 14.3 Å². The van der Waals surface area contributed by atoms with Gasteiger partial charge in [0.1, 0.15) is 12.4 Å². The van der Waals surface area contributed by atoms with Gasteiger partial charge in [0.25, 0.3) is 0 Å². The third-order valence-electron chi connectivity index (χ3n) is 4.26. The molecule has 1 heterocycles. The fourth-order valence-electron chi connectivity index (χ4n) is 3.08. The lowest BCUT2D eigenvalue weighted by atomic mass is 10.2. The maximum absolute atomic E-state index is 12.4. The summed E-state index contributed by atoms with van der Waals surface area (Å²) in [5.41, 5.74) is 2.07. The van der Waals surface area contributed by atoms with E-state index in [1.807, 2.05) is 79.4 Å². The molecule has 1 aliphatic rings. The second-order valence-electron chi connectivity index (χ2n) is 6.68. The van der Waals surface area contributed by atoms with Gasteiger partial charge in [0.15, 0.2) is 0 Å². The Hall–Kier alpha value is -2.59. The number of nitrogens with zero attached hydrogens (tertiary/aromatic N) is 1. The predicted molar refractivity (Wildman–Crippen MR) is 103 cm³/mol. The molecule has 4 heteroatoms. The molecule has 0 radical (unpaired) electrons. The van der Waals surface area contributed by atoms with Crippen LogP contribution in [0.1, 0.15) is 25.0 Å². The van der Waals surface area contributed by atoms with Gasteiger partial charge in [-0.25, -0.2) is 0 Å². The molecule has 0 spiro atoms. The number of morpholine rings is 1. The van der Waals surface area contributed by atoms with Gasteiger partial charge in [-0.05, 0) is 43.2 Å². The van der Waals surface area contributed by atoms with Crippen LogP contribution in [0.2, 0.25) is 0 Å². The molecule has 0 aliphatic carbocycles. The van der Waals surface area contributed by atoms with Crippen LogP contribution in [0.5, 0.6) is 5.75 Å². The number of hydrogen-bond acceptors (Lipinski definition) is 3. The van der Waals surface area contributed by atoms with Crippen molar-refractivity contribution in [1.29, 1.82) is 0 Å². The van der Waals surface area contributed by atoms with E-state index in [1.165, 1.54) is 0 Å². The number of carbonyl (C=O) groups excluding carboxylic acids is 1. The minimum Gasteiger partial charge on any atom is -0.489 e. The maximum Gasteiger partial charge on any atom is 0.246 e. The molecule has 0 saturated carbocycles. The van der Waals surface area contributed by atoms with E-state index in [1.54, 1.807) is 6.08 Å². The summed E-state index contributed by atoms with van der Waals surface area (Å²) in [4.78, 5) is 14.2. The monoisotopic (exact) mass is 351 g/mol. The number of rotatable bonds is 5. The molecule has 0 N–H and O–H groups in total. The second-order valence-corrected chi connectivity index (χ2v) is 6.68. The van der Waals surface area contributed by atoms with Gasteiger partial charge in [0, 0.05) is 19.2 Å². The number of hydrogen-bond donors (Lipinski definition) is 0. The van der Waals surface area contributed by atoms with Crippen molar-refractivity contribution in [2.24, 2.45) is 0 Å². The highest BCUT2D eigenvalue weighted by Crippen LogP contribution is 2.17. The lowest BCUT2D eigenvalue weighted by Gasteiger charge is -2.34. The van der Waals surface area contributed by atoms with Crippen molar-refractivity contribution in [2.75, 3.05) is 13.1 Å². The van der Waals surface area contributed by atoms with Crippen molar-refractivity contribution in [3.8, 4) is 5.75 Å². The Bertz CT molecular complexity index is 747. The minimum atomic E-state index is 0.0163. The number of benzene rings is 2. The lowest BCUT2D eigenvalue weighted by molar-refractivity contribution is -0.137. The van der Waals surface area contributed by atoms with Gasteiger partial charge in [-0.15, -0.1) is 0 Å². The molecule has 2 aromatic carbocycles. The van der Waals surface area contributed by atoms with Crippen LogP contribution in [0, 0.1) is 0 Å². The number of carbonyl (C=O) groups is 1. The van der Waals surface area contributed by atoms with Crippen molar-refractivity contribution >= 4 is 12.0 Å². The normalized spacial score (nSPS) is 20.3.